The Morgan fingerprint density at radius 2 is 1.41 bits per heavy atom. The van der Waals surface area contributed by atoms with Crippen molar-refractivity contribution in [1.29, 1.82) is 0 Å². The molecule has 2 heterocycles. The first-order valence-electron chi connectivity index (χ1n) is 20.3. The highest BCUT2D eigenvalue weighted by atomic mass is 19.4. The molecule has 0 radical (unpaired) electrons. The van der Waals surface area contributed by atoms with E-state index in [9.17, 15) is 45.8 Å². The van der Waals surface area contributed by atoms with Gasteiger partial charge in [-0.25, -0.2) is 19.4 Å². The fourth-order valence-corrected chi connectivity index (χ4v) is 6.92. The van der Waals surface area contributed by atoms with Crippen LogP contribution in [0, 0.1) is 13.8 Å². The summed E-state index contributed by atoms with van der Waals surface area (Å²) < 4.78 is 68.8. The Morgan fingerprint density at radius 1 is 0.848 bits per heavy atom. The number of nitrogens with one attached hydrogen (secondary N) is 3. The number of phenols is 1. The van der Waals surface area contributed by atoms with Crippen LogP contribution in [0.1, 0.15) is 64.5 Å². The molecule has 1 aliphatic rings. The van der Waals surface area contributed by atoms with Crippen LogP contribution in [0.3, 0.4) is 0 Å². The van der Waals surface area contributed by atoms with E-state index in [1.807, 2.05) is 92.7 Å². The summed E-state index contributed by atoms with van der Waals surface area (Å²) in [5.41, 5.74) is 13.8. The number of carboxylic acid groups (broad SMARTS) is 2. The number of hydrogen-bond donors (Lipinski definition) is 7. The molecule has 2 unspecified atom stereocenters. The molecule has 0 spiro atoms. The third kappa shape index (κ3) is 15.2. The Hall–Kier alpha value is -7.16. The fraction of sp³-hybridized carbons (Fsp3) is 0.333. The minimum absolute atomic E-state index is 0.166. The first-order valence-corrected chi connectivity index (χ1v) is 20.3. The third-order valence-electron chi connectivity index (χ3n) is 10.2. The molecule has 354 valence electrons. The average molecular weight is 931 g/mol. The van der Waals surface area contributed by atoms with Gasteiger partial charge in [0.1, 0.15) is 24.2 Å². The number of aliphatic carboxylic acids is 2. The summed E-state index contributed by atoms with van der Waals surface area (Å²) in [5, 5.41) is 30.3. The van der Waals surface area contributed by atoms with Crippen LogP contribution >= 0.6 is 0 Å². The van der Waals surface area contributed by atoms with E-state index in [4.69, 9.17) is 35.3 Å². The second-order valence-corrected chi connectivity index (χ2v) is 15.1. The number of carboxylic acids is 2. The lowest BCUT2D eigenvalue weighted by molar-refractivity contribution is -0.193. The predicted molar refractivity (Wildman–Crippen MR) is 227 cm³/mol. The number of nitrogens with zero attached hydrogens (tertiary/aromatic N) is 2. The second-order valence-electron chi connectivity index (χ2n) is 15.1. The van der Waals surface area contributed by atoms with E-state index < -0.39 is 48.5 Å². The highest BCUT2D eigenvalue weighted by molar-refractivity contribution is 5.91. The summed E-state index contributed by atoms with van der Waals surface area (Å²) in [6, 6.07) is 26.2. The van der Waals surface area contributed by atoms with E-state index in [-0.39, 0.29) is 37.1 Å². The molecular formula is C45H48F6N6O9. The van der Waals surface area contributed by atoms with Crippen molar-refractivity contribution in [2.24, 2.45) is 5.73 Å². The van der Waals surface area contributed by atoms with Crippen molar-refractivity contribution >= 4 is 40.9 Å². The number of alkyl carbamates (subject to hydrolysis) is 1. The Kier molecular flexibility index (Phi) is 18.1. The van der Waals surface area contributed by atoms with Crippen molar-refractivity contribution in [3.8, 4) is 5.75 Å². The number of amides is 3. The molecule has 15 nitrogen and oxygen atoms in total. The number of fused-ring (bicyclic) bond motifs is 2. The van der Waals surface area contributed by atoms with Crippen LogP contribution in [0.15, 0.2) is 91.0 Å². The smallest absolute Gasteiger partial charge is 0.490 e. The molecule has 0 aliphatic carbocycles. The summed E-state index contributed by atoms with van der Waals surface area (Å²) in [5.74, 6) is -5.33. The zero-order chi connectivity index (χ0) is 48.8. The standard InChI is InChI=1S/C41H46N6O5.2C2HF3O2/c1-26-20-31(48)21-27(2)32(26)23-33(42)40(50)47-24-30-15-7-6-14-29(30)22-37(47)39(49)46-36(38-44-34-16-8-9-17-35(34)45-38)18-10-11-19-43-41(51)52-25-28-12-4-3-5-13-28;2*3-2(4,5)1(6)7/h3-9,12-17,20-21,33,36-37,48H,10-11,18-19,22-25,42H2,1-2H3,(H,43,51)(H,44,45)(H,46,49);2*(H,6,7)/t33?,36-,37?;;/m1../s1. The monoisotopic (exact) mass is 930 g/mol. The van der Waals surface area contributed by atoms with Gasteiger partial charge >= 0.3 is 30.4 Å². The second kappa shape index (κ2) is 23.2. The lowest BCUT2D eigenvalue weighted by Crippen LogP contribution is -2.57. The van der Waals surface area contributed by atoms with Crippen LogP contribution in [0.2, 0.25) is 0 Å². The topological polar surface area (TPSA) is 237 Å². The predicted octanol–water partition coefficient (Wildman–Crippen LogP) is 6.93. The first-order chi connectivity index (χ1) is 31.0. The van der Waals surface area contributed by atoms with Gasteiger partial charge in [-0.05, 0) is 97.2 Å². The number of ether oxygens (including phenoxy) is 1. The fourth-order valence-electron chi connectivity index (χ4n) is 6.92. The number of aromatic amines is 1. The van der Waals surface area contributed by atoms with E-state index in [2.05, 4.69) is 15.6 Å². The number of rotatable bonds is 13. The summed E-state index contributed by atoms with van der Waals surface area (Å²) in [6.07, 6.45) is -8.16. The van der Waals surface area contributed by atoms with Gasteiger partial charge in [0, 0.05) is 19.5 Å². The number of aromatic hydroxyl groups is 1. The molecule has 21 heteroatoms. The van der Waals surface area contributed by atoms with E-state index in [0.29, 0.717) is 38.1 Å². The minimum Gasteiger partial charge on any atom is -0.508 e. The molecule has 0 saturated carbocycles. The quantitative estimate of drug-likeness (QED) is 0.0472. The highest BCUT2D eigenvalue weighted by Gasteiger charge is 2.40. The zero-order valence-corrected chi connectivity index (χ0v) is 35.6. The van der Waals surface area contributed by atoms with Crippen molar-refractivity contribution in [2.75, 3.05) is 6.54 Å². The van der Waals surface area contributed by atoms with Crippen LogP contribution < -0.4 is 16.4 Å². The maximum atomic E-state index is 14.3. The molecule has 0 bridgehead atoms. The van der Waals surface area contributed by atoms with Gasteiger partial charge < -0.3 is 46.3 Å². The summed E-state index contributed by atoms with van der Waals surface area (Å²) in [7, 11) is 0. The molecule has 4 aromatic carbocycles. The van der Waals surface area contributed by atoms with Crippen molar-refractivity contribution in [3.63, 3.8) is 0 Å². The number of carbonyl (C=O) groups excluding carboxylic acids is 3. The number of aromatic nitrogens is 2. The van der Waals surface area contributed by atoms with E-state index in [1.54, 1.807) is 17.0 Å². The number of nitrogens with two attached hydrogens (primary N) is 1. The molecule has 8 N–H and O–H groups in total. The maximum Gasteiger partial charge on any atom is 0.490 e. The van der Waals surface area contributed by atoms with Crippen molar-refractivity contribution in [2.45, 2.75) is 89.6 Å². The number of para-hydroxylation sites is 2. The van der Waals surface area contributed by atoms with Gasteiger partial charge in [0.25, 0.3) is 0 Å². The number of phenolic OH excluding ortho intramolecular Hbond substituents is 1. The largest absolute Gasteiger partial charge is 0.508 e. The van der Waals surface area contributed by atoms with Crippen molar-refractivity contribution < 1.29 is 70.4 Å². The lowest BCUT2D eigenvalue weighted by atomic mass is 9.91. The number of carbonyl (C=O) groups is 5. The van der Waals surface area contributed by atoms with Gasteiger partial charge in [-0.2, -0.15) is 26.3 Å². The molecule has 1 aliphatic heterocycles. The van der Waals surface area contributed by atoms with Crippen LogP contribution in [0.4, 0.5) is 31.1 Å². The van der Waals surface area contributed by atoms with Gasteiger partial charge in [0.2, 0.25) is 11.8 Å². The van der Waals surface area contributed by atoms with E-state index in [0.717, 1.165) is 44.4 Å². The average Bonchev–Trinajstić information content (AvgIpc) is 3.70. The van der Waals surface area contributed by atoms with Crippen LogP contribution in [0.25, 0.3) is 11.0 Å². The molecule has 5 aromatic rings. The van der Waals surface area contributed by atoms with Gasteiger partial charge in [0.15, 0.2) is 0 Å². The van der Waals surface area contributed by atoms with Crippen molar-refractivity contribution in [1.82, 2.24) is 25.5 Å². The SMILES string of the molecule is Cc1cc(O)cc(C)c1CC(N)C(=O)N1Cc2ccccc2CC1C(=O)N[C@H](CCCCNC(=O)OCc1ccccc1)c1nc2ccccc2[nH]1.O=C(O)C(F)(F)F.O=C(O)C(F)(F)F. The number of benzene rings is 4. The number of halogens is 6. The molecular weight excluding hydrogens is 883 g/mol. The summed E-state index contributed by atoms with van der Waals surface area (Å²) in [6.45, 7) is 4.64. The number of aryl methyl sites for hydroxylation is 2. The van der Waals surface area contributed by atoms with Crippen LogP contribution in [-0.4, -0.2) is 91.0 Å². The van der Waals surface area contributed by atoms with Gasteiger partial charge in [-0.15, -0.1) is 0 Å². The Morgan fingerprint density at radius 3 is 2.00 bits per heavy atom. The number of alkyl halides is 6. The number of hydrogen-bond acceptors (Lipinski definition) is 9. The summed E-state index contributed by atoms with van der Waals surface area (Å²) >= 11 is 0. The zero-order valence-electron chi connectivity index (χ0n) is 35.6. The van der Waals surface area contributed by atoms with Gasteiger partial charge in [-0.3, -0.25) is 9.59 Å². The van der Waals surface area contributed by atoms with Gasteiger partial charge in [-0.1, -0.05) is 66.7 Å². The Balaban J connectivity index is 0.000000590. The molecule has 3 atom stereocenters. The highest BCUT2D eigenvalue weighted by Crippen LogP contribution is 2.28. The Bertz CT molecular complexity index is 2380. The molecule has 1 aromatic heterocycles. The third-order valence-corrected chi connectivity index (χ3v) is 10.2. The van der Waals surface area contributed by atoms with Gasteiger partial charge in [0.05, 0.1) is 23.1 Å². The van der Waals surface area contributed by atoms with Crippen LogP contribution in [-0.2, 0) is 49.9 Å². The number of unbranched alkanes of at least 4 members (excludes halogenated alkanes) is 1. The molecule has 0 fully saturated rings. The van der Waals surface area contributed by atoms with Crippen molar-refractivity contribution in [3.05, 3.63) is 130 Å². The maximum absolute atomic E-state index is 14.3. The normalized spacial score (nSPS) is 14.3. The molecule has 66 heavy (non-hydrogen) atoms. The Labute approximate surface area is 374 Å². The number of H-pyrrole nitrogens is 1. The first kappa shape index (κ1) is 51.5. The van der Waals surface area contributed by atoms with Crippen LogP contribution in [0.5, 0.6) is 5.75 Å². The number of imidazole rings is 1. The minimum atomic E-state index is -5.08. The lowest BCUT2D eigenvalue weighted by Gasteiger charge is -2.38. The van der Waals surface area contributed by atoms with E-state index in [1.165, 1.54) is 0 Å². The summed E-state index contributed by atoms with van der Waals surface area (Å²) in [4.78, 5) is 68.3. The molecule has 3 amide bonds. The van der Waals surface area contributed by atoms with E-state index >= 15 is 0 Å². The molecule has 6 rings (SSSR count). The molecule has 0 saturated heterocycles.